The molecule has 3 heterocycles. The number of esters is 2. The van der Waals surface area contributed by atoms with Crippen LogP contribution in [0.2, 0.25) is 0 Å². The lowest BCUT2D eigenvalue weighted by atomic mass is 9.42. The number of aliphatic hydroxyl groups is 10. The second kappa shape index (κ2) is 19.0. The molecule has 0 aromatic heterocycles. The number of rotatable bonds is 12. The minimum atomic E-state index is -1.86. The monoisotopic (exact) mass is 906 g/mol. The molecule has 3 aliphatic carbocycles. The van der Waals surface area contributed by atoms with Gasteiger partial charge in [-0.2, -0.15) is 0 Å². The van der Waals surface area contributed by atoms with Gasteiger partial charge >= 0.3 is 17.9 Å². The van der Waals surface area contributed by atoms with Crippen molar-refractivity contribution in [3.05, 3.63) is 12.2 Å². The molecule has 21 nitrogen and oxygen atoms in total. The van der Waals surface area contributed by atoms with E-state index in [9.17, 15) is 65.4 Å². The van der Waals surface area contributed by atoms with E-state index in [2.05, 4.69) is 20.4 Å². The largest absolute Gasteiger partial charge is 0.481 e. The van der Waals surface area contributed by atoms with Crippen LogP contribution >= 0.6 is 0 Å². The first-order chi connectivity index (χ1) is 29.4. The molecular formula is C42H66O21. The molecule has 6 fully saturated rings. The highest BCUT2D eigenvalue weighted by Gasteiger charge is 2.64. The zero-order chi connectivity index (χ0) is 46.6. The Bertz CT molecular complexity index is 1660. The summed E-state index contributed by atoms with van der Waals surface area (Å²) >= 11 is 0. The Balaban J connectivity index is 1.20. The van der Waals surface area contributed by atoms with Gasteiger partial charge in [-0.3, -0.25) is 14.4 Å². The van der Waals surface area contributed by atoms with Crippen molar-refractivity contribution in [3.63, 3.8) is 0 Å². The van der Waals surface area contributed by atoms with Crippen molar-refractivity contribution in [1.82, 2.24) is 0 Å². The fraction of sp³-hybridized carbons (Fsp3) is 0.881. The maximum Gasteiger partial charge on any atom is 0.317 e. The number of carboxylic acids is 1. The SMILES string of the molecule is C=C1C[C@@]2(C)CC[C@H]3[C@@](C)(CCC[C@@]3(C)C(=O)O[C@@H]3O[C@H](COC(=O)CC(=O)O)[C@@H](O)[C@H](O)[C@H]3O)[C@@H]2CCC1(C)O[C@@H]1O[C@H](CO)[C@@H](O)[C@H](O)[C@H]1O[C@@H]1O[C@H](CO)[C@@H](O)[C@H](O)[C@H]1O. The fourth-order valence-corrected chi connectivity index (χ4v) is 11.6. The van der Waals surface area contributed by atoms with Crippen LogP contribution in [0.25, 0.3) is 0 Å². The Labute approximate surface area is 364 Å². The maximum atomic E-state index is 14.4. The Morgan fingerprint density at radius 3 is 1.86 bits per heavy atom. The Hall–Kier alpha value is -2.45. The summed E-state index contributed by atoms with van der Waals surface area (Å²) in [7, 11) is 0. The predicted octanol–water partition coefficient (Wildman–Crippen LogP) is -2.28. The molecule has 6 rings (SSSR count). The van der Waals surface area contributed by atoms with Gasteiger partial charge in [0.25, 0.3) is 0 Å². The molecule has 3 aliphatic heterocycles. The van der Waals surface area contributed by atoms with Crippen molar-refractivity contribution in [1.29, 1.82) is 0 Å². The van der Waals surface area contributed by atoms with Crippen LogP contribution in [0, 0.1) is 28.1 Å². The fourth-order valence-electron chi connectivity index (χ4n) is 11.6. The number of ether oxygens (including phenoxy) is 7. The number of carbonyl (C=O) groups excluding carboxylic acids is 2. The van der Waals surface area contributed by atoms with E-state index in [-0.39, 0.29) is 17.3 Å². The number of aliphatic hydroxyl groups excluding tert-OH is 10. The van der Waals surface area contributed by atoms with E-state index < -0.39 is 153 Å². The molecule has 0 radical (unpaired) electrons. The van der Waals surface area contributed by atoms with Crippen molar-refractivity contribution < 1.29 is 104 Å². The summed E-state index contributed by atoms with van der Waals surface area (Å²) in [5, 5.41) is 114. The third-order valence-electron chi connectivity index (χ3n) is 15.3. The van der Waals surface area contributed by atoms with E-state index in [1.165, 1.54) is 0 Å². The van der Waals surface area contributed by atoms with E-state index >= 15 is 0 Å². The van der Waals surface area contributed by atoms with E-state index in [4.69, 9.17) is 38.3 Å². The van der Waals surface area contributed by atoms with Gasteiger partial charge < -0.3 is 89.3 Å². The smallest absolute Gasteiger partial charge is 0.317 e. The first-order valence-electron chi connectivity index (χ1n) is 21.7. The van der Waals surface area contributed by atoms with Gasteiger partial charge in [-0.15, -0.1) is 0 Å². The molecule has 0 spiro atoms. The zero-order valence-corrected chi connectivity index (χ0v) is 36.0. The summed E-state index contributed by atoms with van der Waals surface area (Å²) in [6, 6.07) is 0. The summed E-state index contributed by atoms with van der Waals surface area (Å²) in [6.07, 6.45) is -21.4. The molecule has 0 aromatic rings. The van der Waals surface area contributed by atoms with Gasteiger partial charge in [-0.25, -0.2) is 0 Å². The first kappa shape index (κ1) is 50.0. The van der Waals surface area contributed by atoms with Gasteiger partial charge in [0, 0.05) is 0 Å². The molecular weight excluding hydrogens is 840 g/mol. The summed E-state index contributed by atoms with van der Waals surface area (Å²) in [6.45, 7) is 10.3. The summed E-state index contributed by atoms with van der Waals surface area (Å²) in [5.41, 5.74) is -2.43. The standard InChI is InChI=1S/C42H66O21/c1-18-14-39(2)11-7-23-40(3,9-6-10-41(23,4)38(56)62-36-33(55)30(52)28(50)21(60-36)17-57-25(47)13-24(45)46)22(39)8-12-42(18,5)63-37-34(31(53)27(49)20(16-44)59-37)61-35-32(54)29(51)26(48)19(15-43)58-35/h19-23,26-37,43-44,48-55H,1,6-17H2,2-5H3,(H,45,46)/t19-,20-,21-,22-,23+,26-,27-,28-,29+,30+,31+,32-,33-,34-,35+,36+,37+,39-,40+,41-,42?/m1/s1. The third-order valence-corrected chi connectivity index (χ3v) is 15.3. The molecule has 63 heavy (non-hydrogen) atoms. The van der Waals surface area contributed by atoms with E-state index in [0.29, 0.717) is 50.5 Å². The lowest BCUT2D eigenvalue weighted by Gasteiger charge is -2.62. The van der Waals surface area contributed by atoms with Gasteiger partial charge in [0.15, 0.2) is 12.6 Å². The first-order valence-corrected chi connectivity index (χ1v) is 21.7. The second-order valence-corrected chi connectivity index (χ2v) is 19.4. The molecule has 11 N–H and O–H groups in total. The van der Waals surface area contributed by atoms with Gasteiger partial charge in [0.2, 0.25) is 6.29 Å². The van der Waals surface area contributed by atoms with Crippen molar-refractivity contribution in [3.8, 4) is 0 Å². The highest BCUT2D eigenvalue weighted by molar-refractivity contribution is 5.90. The van der Waals surface area contributed by atoms with Gasteiger partial charge in [-0.1, -0.05) is 26.8 Å². The molecule has 21 heteroatoms. The topological polar surface area (TPSA) is 338 Å². The summed E-state index contributed by atoms with van der Waals surface area (Å²) < 4.78 is 40.5. The molecule has 0 aromatic carbocycles. The lowest BCUT2D eigenvalue weighted by Crippen LogP contribution is -2.65. The van der Waals surface area contributed by atoms with Crippen molar-refractivity contribution in [2.24, 2.45) is 28.1 Å². The molecule has 360 valence electrons. The van der Waals surface area contributed by atoms with Crippen LogP contribution in [-0.4, -0.2) is 192 Å². The number of carbonyl (C=O) groups is 3. The molecule has 3 saturated heterocycles. The quantitative estimate of drug-likeness (QED) is 0.0558. The van der Waals surface area contributed by atoms with Crippen molar-refractivity contribution in [2.75, 3.05) is 19.8 Å². The minimum absolute atomic E-state index is 0.0252. The predicted molar refractivity (Wildman–Crippen MR) is 209 cm³/mol. The van der Waals surface area contributed by atoms with E-state index in [0.717, 1.165) is 6.42 Å². The van der Waals surface area contributed by atoms with Crippen LogP contribution < -0.4 is 0 Å². The van der Waals surface area contributed by atoms with Crippen molar-refractivity contribution in [2.45, 2.75) is 183 Å². The average molecular weight is 907 g/mol. The molecule has 0 amide bonds. The molecule has 1 unspecified atom stereocenters. The third kappa shape index (κ3) is 9.44. The molecule has 3 saturated carbocycles. The highest BCUT2D eigenvalue weighted by Crippen LogP contribution is 2.68. The maximum absolute atomic E-state index is 14.4. The molecule has 0 bridgehead atoms. The molecule has 21 atom stereocenters. The van der Waals surface area contributed by atoms with E-state index in [1.807, 2.05) is 6.92 Å². The van der Waals surface area contributed by atoms with Gasteiger partial charge in [0.1, 0.15) is 86.3 Å². The molecule has 6 aliphatic rings. The lowest BCUT2D eigenvalue weighted by molar-refractivity contribution is -0.376. The zero-order valence-electron chi connectivity index (χ0n) is 36.0. The van der Waals surface area contributed by atoms with Gasteiger partial charge in [0.05, 0.1) is 24.2 Å². The number of carboxylic acid groups (broad SMARTS) is 1. The number of fused-ring (bicyclic) bond motifs is 3. The van der Waals surface area contributed by atoms with Gasteiger partial charge in [-0.05, 0) is 87.0 Å². The summed E-state index contributed by atoms with van der Waals surface area (Å²) in [4.78, 5) is 37.1. The van der Waals surface area contributed by atoms with E-state index in [1.54, 1.807) is 6.92 Å². The number of aliphatic carboxylic acids is 1. The minimum Gasteiger partial charge on any atom is -0.481 e. The van der Waals surface area contributed by atoms with Crippen LogP contribution in [0.1, 0.15) is 85.5 Å². The Morgan fingerprint density at radius 1 is 0.683 bits per heavy atom. The Kier molecular flexibility index (Phi) is 15.1. The van der Waals surface area contributed by atoms with Crippen LogP contribution in [-0.2, 0) is 47.5 Å². The normalized spacial score (nSPS) is 49.2. The van der Waals surface area contributed by atoms with Crippen molar-refractivity contribution >= 4 is 17.9 Å². The number of hydrogen-bond donors (Lipinski definition) is 11. The average Bonchev–Trinajstić information content (AvgIpc) is 3.32. The van der Waals surface area contributed by atoms with Crippen LogP contribution in [0.4, 0.5) is 0 Å². The number of hydrogen-bond acceptors (Lipinski definition) is 20. The van der Waals surface area contributed by atoms with Crippen LogP contribution in [0.15, 0.2) is 12.2 Å². The highest BCUT2D eigenvalue weighted by atomic mass is 16.8. The van der Waals surface area contributed by atoms with Crippen LogP contribution in [0.5, 0.6) is 0 Å². The van der Waals surface area contributed by atoms with Crippen LogP contribution in [0.3, 0.4) is 0 Å². The summed E-state index contributed by atoms with van der Waals surface area (Å²) in [5.74, 6) is -3.53. The second-order valence-electron chi connectivity index (χ2n) is 19.4. The Morgan fingerprint density at radius 2 is 1.24 bits per heavy atom.